The number of anilines is 2. The van der Waals surface area contributed by atoms with E-state index < -0.39 is 5.92 Å². The highest BCUT2D eigenvalue weighted by Crippen LogP contribution is 2.36. The van der Waals surface area contributed by atoms with Crippen molar-refractivity contribution in [2.24, 2.45) is 5.92 Å². The standard InChI is InChI=1S/C24H27ClN2O5/c1-30-22-10-9-17(25)13-20(22)27-14-16(12-23(27)28)24(29)26-19-7-2-3-8-21(19)32-15-18-6-4-5-11-31-18/h2-3,7-10,13,16,18H,4-6,11-12,14-15H2,1H3,(H,26,29). The smallest absolute Gasteiger partial charge is 0.229 e. The summed E-state index contributed by atoms with van der Waals surface area (Å²) in [6.45, 7) is 1.45. The Bertz CT molecular complexity index is 977. The third-order valence-electron chi connectivity index (χ3n) is 5.77. The fourth-order valence-electron chi connectivity index (χ4n) is 4.04. The first-order valence-corrected chi connectivity index (χ1v) is 11.2. The van der Waals surface area contributed by atoms with Crippen molar-refractivity contribution in [3.05, 3.63) is 47.5 Å². The van der Waals surface area contributed by atoms with E-state index in [1.165, 1.54) is 7.11 Å². The van der Waals surface area contributed by atoms with Crippen molar-refractivity contribution in [2.45, 2.75) is 31.8 Å². The number of methoxy groups -OCH3 is 1. The van der Waals surface area contributed by atoms with Crippen LogP contribution in [0.1, 0.15) is 25.7 Å². The Labute approximate surface area is 192 Å². The van der Waals surface area contributed by atoms with Crippen LogP contribution in [0.4, 0.5) is 11.4 Å². The van der Waals surface area contributed by atoms with Gasteiger partial charge in [-0.15, -0.1) is 0 Å². The van der Waals surface area contributed by atoms with Crippen LogP contribution in [0.2, 0.25) is 5.02 Å². The summed E-state index contributed by atoms with van der Waals surface area (Å²) in [5.74, 6) is 0.248. The lowest BCUT2D eigenvalue weighted by atomic mass is 10.1. The van der Waals surface area contributed by atoms with E-state index in [0.29, 0.717) is 34.5 Å². The summed E-state index contributed by atoms with van der Waals surface area (Å²) in [6, 6.07) is 12.4. The first kappa shape index (κ1) is 22.4. The molecule has 32 heavy (non-hydrogen) atoms. The van der Waals surface area contributed by atoms with Gasteiger partial charge in [0.05, 0.1) is 30.5 Å². The van der Waals surface area contributed by atoms with E-state index in [0.717, 1.165) is 25.9 Å². The van der Waals surface area contributed by atoms with Crippen LogP contribution >= 0.6 is 11.6 Å². The van der Waals surface area contributed by atoms with E-state index in [1.807, 2.05) is 18.2 Å². The summed E-state index contributed by atoms with van der Waals surface area (Å²) in [6.07, 6.45) is 3.38. The molecular weight excluding hydrogens is 432 g/mol. The number of benzene rings is 2. The number of carbonyl (C=O) groups is 2. The van der Waals surface area contributed by atoms with Gasteiger partial charge in [0.15, 0.2) is 0 Å². The number of nitrogens with zero attached hydrogens (tertiary/aromatic N) is 1. The zero-order valence-electron chi connectivity index (χ0n) is 18.0. The molecule has 0 aliphatic carbocycles. The van der Waals surface area contributed by atoms with Gasteiger partial charge < -0.3 is 24.4 Å². The second-order valence-electron chi connectivity index (χ2n) is 8.01. The summed E-state index contributed by atoms with van der Waals surface area (Å²) in [5, 5.41) is 3.43. The first-order valence-electron chi connectivity index (χ1n) is 10.8. The van der Waals surface area contributed by atoms with Gasteiger partial charge >= 0.3 is 0 Å². The molecule has 2 fully saturated rings. The summed E-state index contributed by atoms with van der Waals surface area (Å²) >= 11 is 6.11. The molecule has 2 amide bonds. The molecule has 2 aliphatic rings. The molecule has 2 saturated heterocycles. The molecule has 0 spiro atoms. The van der Waals surface area contributed by atoms with Crippen LogP contribution < -0.4 is 19.7 Å². The average molecular weight is 459 g/mol. The number of nitrogens with one attached hydrogen (secondary N) is 1. The Hall–Kier alpha value is -2.77. The SMILES string of the molecule is COc1ccc(Cl)cc1N1CC(C(=O)Nc2ccccc2OCC2CCCCO2)CC1=O. The molecule has 0 aromatic heterocycles. The number of rotatable bonds is 7. The minimum absolute atomic E-state index is 0.0706. The monoisotopic (exact) mass is 458 g/mol. The summed E-state index contributed by atoms with van der Waals surface area (Å²) in [4.78, 5) is 27.2. The van der Waals surface area contributed by atoms with Gasteiger partial charge in [-0.25, -0.2) is 0 Å². The van der Waals surface area contributed by atoms with Crippen molar-refractivity contribution in [1.82, 2.24) is 0 Å². The number of halogens is 1. The fraction of sp³-hybridized carbons (Fsp3) is 0.417. The maximum Gasteiger partial charge on any atom is 0.229 e. The third-order valence-corrected chi connectivity index (χ3v) is 6.01. The van der Waals surface area contributed by atoms with Crippen molar-refractivity contribution in [1.29, 1.82) is 0 Å². The molecule has 4 rings (SSSR count). The lowest BCUT2D eigenvalue weighted by Crippen LogP contribution is -2.29. The van der Waals surface area contributed by atoms with Gasteiger partial charge in [-0.3, -0.25) is 9.59 Å². The van der Waals surface area contributed by atoms with Crippen LogP contribution in [0, 0.1) is 5.92 Å². The normalized spacial score (nSPS) is 20.8. The lowest BCUT2D eigenvalue weighted by Gasteiger charge is -2.23. The van der Waals surface area contributed by atoms with Gasteiger partial charge in [-0.1, -0.05) is 23.7 Å². The van der Waals surface area contributed by atoms with Gasteiger partial charge in [0.1, 0.15) is 18.1 Å². The van der Waals surface area contributed by atoms with Crippen LogP contribution in [-0.4, -0.2) is 44.8 Å². The molecule has 170 valence electrons. The number of para-hydroxylation sites is 2. The molecule has 2 aromatic carbocycles. The van der Waals surface area contributed by atoms with Crippen LogP contribution in [0.25, 0.3) is 0 Å². The number of carbonyl (C=O) groups excluding carboxylic acids is 2. The average Bonchev–Trinajstić information content (AvgIpc) is 3.20. The molecule has 2 heterocycles. The van der Waals surface area contributed by atoms with Crippen molar-refractivity contribution in [2.75, 3.05) is 37.1 Å². The molecule has 2 aromatic rings. The van der Waals surface area contributed by atoms with Crippen molar-refractivity contribution >= 4 is 34.8 Å². The van der Waals surface area contributed by atoms with Crippen LogP contribution in [0.5, 0.6) is 11.5 Å². The fourth-order valence-corrected chi connectivity index (χ4v) is 4.21. The van der Waals surface area contributed by atoms with E-state index in [2.05, 4.69) is 5.32 Å². The summed E-state index contributed by atoms with van der Waals surface area (Å²) < 4.78 is 17.0. The number of ether oxygens (including phenoxy) is 3. The number of hydrogen-bond donors (Lipinski definition) is 1. The molecule has 0 saturated carbocycles. The Morgan fingerprint density at radius 1 is 1.22 bits per heavy atom. The van der Waals surface area contributed by atoms with Crippen LogP contribution in [0.15, 0.2) is 42.5 Å². The van der Waals surface area contributed by atoms with Crippen LogP contribution in [0.3, 0.4) is 0 Å². The largest absolute Gasteiger partial charge is 0.495 e. The van der Waals surface area contributed by atoms with Gasteiger partial charge in [0, 0.05) is 24.6 Å². The highest BCUT2D eigenvalue weighted by Gasteiger charge is 2.36. The Kier molecular flexibility index (Phi) is 7.17. The van der Waals surface area contributed by atoms with E-state index in [-0.39, 0.29) is 30.9 Å². The molecule has 7 nitrogen and oxygen atoms in total. The second-order valence-corrected chi connectivity index (χ2v) is 8.44. The molecule has 2 aliphatic heterocycles. The highest BCUT2D eigenvalue weighted by molar-refractivity contribution is 6.31. The zero-order chi connectivity index (χ0) is 22.5. The number of amides is 2. The highest BCUT2D eigenvalue weighted by atomic mass is 35.5. The minimum Gasteiger partial charge on any atom is -0.495 e. The topological polar surface area (TPSA) is 77.1 Å². The van der Waals surface area contributed by atoms with Crippen molar-refractivity contribution in [3.63, 3.8) is 0 Å². The Morgan fingerprint density at radius 2 is 2.06 bits per heavy atom. The summed E-state index contributed by atoms with van der Waals surface area (Å²) in [7, 11) is 1.53. The van der Waals surface area contributed by atoms with Crippen molar-refractivity contribution in [3.8, 4) is 11.5 Å². The van der Waals surface area contributed by atoms with Gasteiger partial charge in [0.25, 0.3) is 0 Å². The molecule has 8 heteroatoms. The predicted molar refractivity (Wildman–Crippen MR) is 123 cm³/mol. The lowest BCUT2D eigenvalue weighted by molar-refractivity contribution is -0.122. The zero-order valence-corrected chi connectivity index (χ0v) is 18.8. The van der Waals surface area contributed by atoms with Gasteiger partial charge in [-0.2, -0.15) is 0 Å². The van der Waals surface area contributed by atoms with Gasteiger partial charge in [0.2, 0.25) is 11.8 Å². The van der Waals surface area contributed by atoms with E-state index >= 15 is 0 Å². The number of hydrogen-bond acceptors (Lipinski definition) is 5. The maximum absolute atomic E-state index is 13.0. The maximum atomic E-state index is 13.0. The van der Waals surface area contributed by atoms with Crippen LogP contribution in [-0.2, 0) is 14.3 Å². The molecule has 0 radical (unpaired) electrons. The third kappa shape index (κ3) is 5.16. The summed E-state index contributed by atoms with van der Waals surface area (Å²) in [5.41, 5.74) is 1.15. The minimum atomic E-state index is -0.499. The Balaban J connectivity index is 1.42. The van der Waals surface area contributed by atoms with Crippen molar-refractivity contribution < 1.29 is 23.8 Å². The van der Waals surface area contributed by atoms with Gasteiger partial charge in [-0.05, 0) is 49.6 Å². The van der Waals surface area contributed by atoms with E-state index in [4.69, 9.17) is 25.8 Å². The van der Waals surface area contributed by atoms with E-state index in [9.17, 15) is 9.59 Å². The molecule has 2 unspecified atom stereocenters. The van der Waals surface area contributed by atoms with E-state index in [1.54, 1.807) is 29.2 Å². The first-order chi connectivity index (χ1) is 15.5. The quantitative estimate of drug-likeness (QED) is 0.669. The molecule has 1 N–H and O–H groups in total. The Morgan fingerprint density at radius 3 is 2.84 bits per heavy atom. The second kappa shape index (κ2) is 10.2. The molecule has 0 bridgehead atoms. The predicted octanol–water partition coefficient (Wildman–Crippen LogP) is 4.29. The molecule has 2 atom stereocenters. The molecular formula is C24H27ClN2O5.